The smallest absolute Gasteiger partial charge is 0.407 e. The molecule has 4 rings (SSSR count). The number of ether oxygens (including phenoxy) is 2. The summed E-state index contributed by atoms with van der Waals surface area (Å²) in [6, 6.07) is 0.700. The SMILES string of the molecule is CC(C)(C)OC(=O)NC1CN(c2ncc(OCCC3CCNCC3)cn2)CC1c1cc(F)c(F)cc1F. The number of nitrogens with zero attached hydrogens (tertiary/aromatic N) is 3. The van der Waals surface area contributed by atoms with Crippen molar-refractivity contribution in [3.8, 4) is 5.75 Å². The highest BCUT2D eigenvalue weighted by Crippen LogP contribution is 2.33. The lowest BCUT2D eigenvalue weighted by Crippen LogP contribution is -2.43. The highest BCUT2D eigenvalue weighted by Gasteiger charge is 2.39. The van der Waals surface area contributed by atoms with Crippen LogP contribution in [0.2, 0.25) is 0 Å². The van der Waals surface area contributed by atoms with Crippen LogP contribution < -0.4 is 20.3 Å². The number of carbonyl (C=O) groups excluding carboxylic acids is 1. The minimum Gasteiger partial charge on any atom is -0.490 e. The van der Waals surface area contributed by atoms with E-state index in [1.54, 1.807) is 38.1 Å². The lowest BCUT2D eigenvalue weighted by atomic mass is 9.93. The molecular formula is C26H34F3N5O3. The number of rotatable bonds is 7. The van der Waals surface area contributed by atoms with E-state index in [-0.39, 0.29) is 18.7 Å². The number of halogens is 3. The van der Waals surface area contributed by atoms with Gasteiger partial charge in [-0.05, 0) is 70.7 Å². The molecular weight excluding hydrogens is 487 g/mol. The van der Waals surface area contributed by atoms with Crippen LogP contribution in [0.15, 0.2) is 24.5 Å². The molecule has 2 fully saturated rings. The number of carbonyl (C=O) groups is 1. The normalized spacial score (nSPS) is 20.6. The summed E-state index contributed by atoms with van der Waals surface area (Å²) in [5.74, 6) is -2.46. The second kappa shape index (κ2) is 11.5. The predicted octanol–water partition coefficient (Wildman–Crippen LogP) is 4.16. The van der Waals surface area contributed by atoms with Gasteiger partial charge in [0.2, 0.25) is 5.95 Å². The molecule has 2 N–H and O–H groups in total. The summed E-state index contributed by atoms with van der Waals surface area (Å²) < 4.78 is 53.4. The van der Waals surface area contributed by atoms with Crippen molar-refractivity contribution in [2.24, 2.45) is 5.92 Å². The lowest BCUT2D eigenvalue weighted by Gasteiger charge is -2.24. The van der Waals surface area contributed by atoms with Gasteiger partial charge in [0.15, 0.2) is 17.4 Å². The summed E-state index contributed by atoms with van der Waals surface area (Å²) >= 11 is 0. The van der Waals surface area contributed by atoms with Crippen LogP contribution in [0.1, 0.15) is 51.5 Å². The van der Waals surface area contributed by atoms with Crippen molar-refractivity contribution in [3.63, 3.8) is 0 Å². The standard InChI is InChI=1S/C26H34F3N5O3/c1-26(2,3)37-25(35)33-23-15-34(14-19(23)18-10-21(28)22(29)11-20(18)27)24-31-12-17(13-32-24)36-9-6-16-4-7-30-8-5-16/h10-13,16,19,23,30H,4-9,14-15H2,1-3H3,(H,33,35). The van der Waals surface area contributed by atoms with Crippen LogP contribution in [0, 0.1) is 23.4 Å². The molecule has 2 aromatic rings. The van der Waals surface area contributed by atoms with Crippen LogP contribution in [0.3, 0.4) is 0 Å². The third kappa shape index (κ3) is 7.24. The molecule has 2 aliphatic heterocycles. The van der Waals surface area contributed by atoms with Crippen LogP contribution in [0.4, 0.5) is 23.9 Å². The summed E-state index contributed by atoms with van der Waals surface area (Å²) in [4.78, 5) is 23.0. The zero-order valence-electron chi connectivity index (χ0n) is 21.4. The van der Waals surface area contributed by atoms with Gasteiger partial charge in [-0.1, -0.05) is 0 Å². The quantitative estimate of drug-likeness (QED) is 0.529. The van der Waals surface area contributed by atoms with Crippen molar-refractivity contribution in [1.29, 1.82) is 0 Å². The number of aromatic nitrogens is 2. The molecule has 202 valence electrons. The van der Waals surface area contributed by atoms with E-state index in [2.05, 4.69) is 20.6 Å². The number of nitrogens with one attached hydrogen (secondary N) is 2. The zero-order chi connectivity index (χ0) is 26.6. The van der Waals surface area contributed by atoms with Crippen LogP contribution in [-0.2, 0) is 4.74 Å². The summed E-state index contributed by atoms with van der Waals surface area (Å²) in [6.07, 6.45) is 5.72. The van der Waals surface area contributed by atoms with Gasteiger partial charge in [0.25, 0.3) is 0 Å². The van der Waals surface area contributed by atoms with Gasteiger partial charge in [0, 0.05) is 25.1 Å². The van der Waals surface area contributed by atoms with Crippen molar-refractivity contribution >= 4 is 12.0 Å². The summed E-state index contributed by atoms with van der Waals surface area (Å²) in [6.45, 7) is 8.24. The fourth-order valence-corrected chi connectivity index (χ4v) is 4.77. The number of piperidine rings is 1. The van der Waals surface area contributed by atoms with Crippen molar-refractivity contribution in [2.75, 3.05) is 37.7 Å². The molecule has 8 nitrogen and oxygen atoms in total. The first kappa shape index (κ1) is 27.0. The van der Waals surface area contributed by atoms with Gasteiger partial charge >= 0.3 is 6.09 Å². The predicted molar refractivity (Wildman–Crippen MR) is 132 cm³/mol. The van der Waals surface area contributed by atoms with Crippen molar-refractivity contribution in [2.45, 2.75) is 57.6 Å². The summed E-state index contributed by atoms with van der Waals surface area (Å²) in [5.41, 5.74) is -0.780. The zero-order valence-corrected chi connectivity index (χ0v) is 21.4. The molecule has 2 aliphatic rings. The molecule has 37 heavy (non-hydrogen) atoms. The van der Waals surface area contributed by atoms with Crippen molar-refractivity contribution < 1.29 is 27.4 Å². The Morgan fingerprint density at radius 3 is 2.43 bits per heavy atom. The van der Waals surface area contributed by atoms with E-state index in [9.17, 15) is 18.0 Å². The molecule has 2 unspecified atom stereocenters. The third-order valence-corrected chi connectivity index (χ3v) is 6.61. The monoisotopic (exact) mass is 521 g/mol. The second-order valence-corrected chi connectivity index (χ2v) is 10.6. The number of hydrogen-bond donors (Lipinski definition) is 2. The number of hydrogen-bond acceptors (Lipinski definition) is 7. The van der Waals surface area contributed by atoms with Crippen LogP contribution in [0.5, 0.6) is 5.75 Å². The molecule has 1 aromatic heterocycles. The van der Waals surface area contributed by atoms with Crippen molar-refractivity contribution in [3.05, 3.63) is 47.5 Å². The van der Waals surface area contributed by atoms with E-state index in [1.165, 1.54) is 0 Å². The number of alkyl carbamates (subject to hydrolysis) is 1. The number of amides is 1. The van der Waals surface area contributed by atoms with Gasteiger partial charge in [-0.25, -0.2) is 27.9 Å². The first-order valence-electron chi connectivity index (χ1n) is 12.6. The van der Waals surface area contributed by atoms with Crippen LogP contribution in [-0.4, -0.2) is 60.5 Å². The van der Waals surface area contributed by atoms with E-state index in [0.717, 1.165) is 38.4 Å². The fraction of sp³-hybridized carbons (Fsp3) is 0.577. The number of benzene rings is 1. The Kier molecular flexibility index (Phi) is 8.41. The second-order valence-electron chi connectivity index (χ2n) is 10.6. The molecule has 3 heterocycles. The van der Waals surface area contributed by atoms with Gasteiger partial charge < -0.3 is 25.0 Å². The van der Waals surface area contributed by atoms with E-state index >= 15 is 0 Å². The minimum atomic E-state index is -1.27. The highest BCUT2D eigenvalue weighted by molar-refractivity contribution is 5.68. The highest BCUT2D eigenvalue weighted by atomic mass is 19.2. The van der Waals surface area contributed by atoms with Crippen LogP contribution >= 0.6 is 0 Å². The maximum atomic E-state index is 14.7. The molecule has 0 radical (unpaired) electrons. The Hall–Kier alpha value is -3.08. The van der Waals surface area contributed by atoms with E-state index in [4.69, 9.17) is 9.47 Å². The van der Waals surface area contributed by atoms with Gasteiger partial charge in [-0.15, -0.1) is 0 Å². The molecule has 1 amide bonds. The average Bonchev–Trinajstić information content (AvgIpc) is 3.24. The minimum absolute atomic E-state index is 0.0414. The molecule has 2 saturated heterocycles. The van der Waals surface area contributed by atoms with E-state index in [1.807, 2.05) is 0 Å². The van der Waals surface area contributed by atoms with Gasteiger partial charge in [-0.2, -0.15) is 0 Å². The topological polar surface area (TPSA) is 88.6 Å². The summed E-state index contributed by atoms with van der Waals surface area (Å²) in [5, 5.41) is 6.09. The lowest BCUT2D eigenvalue weighted by molar-refractivity contribution is 0.0504. The molecule has 11 heteroatoms. The van der Waals surface area contributed by atoms with Gasteiger partial charge in [-0.3, -0.25) is 0 Å². The van der Waals surface area contributed by atoms with Crippen LogP contribution in [0.25, 0.3) is 0 Å². The Morgan fingerprint density at radius 2 is 1.76 bits per heavy atom. The van der Waals surface area contributed by atoms with Gasteiger partial charge in [0.05, 0.1) is 25.0 Å². The first-order chi connectivity index (χ1) is 17.6. The van der Waals surface area contributed by atoms with Gasteiger partial charge in [0.1, 0.15) is 11.4 Å². The van der Waals surface area contributed by atoms with E-state index < -0.39 is 41.1 Å². The molecule has 1 aromatic carbocycles. The molecule has 0 aliphatic carbocycles. The largest absolute Gasteiger partial charge is 0.490 e. The first-order valence-corrected chi connectivity index (χ1v) is 12.6. The van der Waals surface area contributed by atoms with E-state index in [0.29, 0.717) is 30.3 Å². The molecule has 0 spiro atoms. The Bertz CT molecular complexity index is 1070. The fourth-order valence-electron chi connectivity index (χ4n) is 4.77. The maximum Gasteiger partial charge on any atom is 0.407 e. The third-order valence-electron chi connectivity index (χ3n) is 6.61. The molecule has 0 bridgehead atoms. The number of anilines is 1. The molecule has 0 saturated carbocycles. The summed E-state index contributed by atoms with van der Waals surface area (Å²) in [7, 11) is 0. The average molecular weight is 522 g/mol. The van der Waals surface area contributed by atoms with Crippen molar-refractivity contribution in [1.82, 2.24) is 20.6 Å². The molecule has 2 atom stereocenters. The Balaban J connectivity index is 1.45. The Morgan fingerprint density at radius 1 is 1.08 bits per heavy atom. The maximum absolute atomic E-state index is 14.7. The Labute approximate surface area is 214 Å².